The van der Waals surface area contributed by atoms with Crippen molar-refractivity contribution in [1.82, 2.24) is 10.3 Å². The van der Waals surface area contributed by atoms with Crippen LogP contribution >= 0.6 is 0 Å². The van der Waals surface area contributed by atoms with Crippen LogP contribution in [0.4, 0.5) is 4.79 Å². The van der Waals surface area contributed by atoms with Gasteiger partial charge in [-0.05, 0) is 29.8 Å². The maximum Gasteiger partial charge on any atom is 0.416 e. The summed E-state index contributed by atoms with van der Waals surface area (Å²) in [5.41, 5.74) is 2.45. The first kappa shape index (κ1) is 19.8. The highest BCUT2D eigenvalue weighted by molar-refractivity contribution is 5.78. The largest absolute Gasteiger partial charge is 0.487 e. The van der Waals surface area contributed by atoms with Gasteiger partial charge in [-0.1, -0.05) is 36.4 Å². The summed E-state index contributed by atoms with van der Waals surface area (Å²) in [7, 11) is 5.32. The van der Waals surface area contributed by atoms with E-state index in [4.69, 9.17) is 4.74 Å². The third kappa shape index (κ3) is 5.06. The van der Waals surface area contributed by atoms with Gasteiger partial charge < -0.3 is 15.2 Å². The lowest BCUT2D eigenvalue weighted by atomic mass is 10.1. The number of urea groups is 1. The van der Waals surface area contributed by atoms with E-state index < -0.39 is 6.10 Å². The summed E-state index contributed by atoms with van der Waals surface area (Å²) in [6, 6.07) is 19.0. The highest BCUT2D eigenvalue weighted by atomic mass is 16.5. The van der Waals surface area contributed by atoms with Crippen LogP contribution in [0, 0.1) is 0 Å². The Labute approximate surface area is 165 Å². The minimum atomic E-state index is -0.808. The molecule has 28 heavy (non-hydrogen) atoms. The molecule has 0 fully saturated rings. The molecule has 0 aliphatic carbocycles. The van der Waals surface area contributed by atoms with E-state index in [0.29, 0.717) is 17.9 Å². The third-order valence-electron chi connectivity index (χ3n) is 4.34. The van der Waals surface area contributed by atoms with Crippen LogP contribution in [0.2, 0.25) is 0 Å². The monoisotopic (exact) mass is 380 g/mol. The van der Waals surface area contributed by atoms with Crippen LogP contribution in [0.15, 0.2) is 60.7 Å². The summed E-state index contributed by atoms with van der Waals surface area (Å²) < 4.78 is 6.00. The van der Waals surface area contributed by atoms with Crippen LogP contribution in [-0.4, -0.2) is 48.3 Å². The molecule has 0 spiro atoms. The Kier molecular flexibility index (Phi) is 5.92. The van der Waals surface area contributed by atoms with Gasteiger partial charge in [0.15, 0.2) is 0 Å². The fourth-order valence-electron chi connectivity index (χ4n) is 2.70. The van der Waals surface area contributed by atoms with Crippen molar-refractivity contribution in [2.45, 2.75) is 12.7 Å². The Morgan fingerprint density at radius 1 is 1.11 bits per heavy atom. The molecule has 1 heterocycles. The zero-order valence-corrected chi connectivity index (χ0v) is 16.4. The predicted octanol–water partition coefficient (Wildman–Crippen LogP) is 3.26. The van der Waals surface area contributed by atoms with Crippen molar-refractivity contribution >= 4 is 16.9 Å². The van der Waals surface area contributed by atoms with E-state index in [1.54, 1.807) is 27.2 Å². The number of rotatable bonds is 6. The second-order valence-electron chi connectivity index (χ2n) is 7.57. The summed E-state index contributed by atoms with van der Waals surface area (Å²) in [5, 5.41) is 14.2. The number of benzene rings is 2. The first-order valence-corrected chi connectivity index (χ1v) is 9.18. The lowest BCUT2D eigenvalue weighted by Gasteiger charge is -2.22. The molecule has 0 aliphatic heterocycles. The topological polar surface area (TPSA) is 71.5 Å². The summed E-state index contributed by atoms with van der Waals surface area (Å²) >= 11 is 0. The second kappa shape index (κ2) is 8.37. The number of para-hydroxylation sites is 1. The normalized spacial score (nSPS) is 12.6. The molecule has 0 saturated carbocycles. The molecular weight excluding hydrogens is 354 g/mol. The second-order valence-corrected chi connectivity index (χ2v) is 7.57. The average Bonchev–Trinajstić information content (AvgIpc) is 2.69. The number of carbonyl (C=O) groups excluding carboxylic acids is 1. The molecule has 0 aliphatic rings. The summed E-state index contributed by atoms with van der Waals surface area (Å²) in [6.45, 7) is 0.479. The standard InChI is InChI=1S/C22H25N3O3/c1-25(2,3)22(27)23-14-21(26)17-8-6-9-19(13-17)28-15-18-12-11-16-7-4-5-10-20(16)24-18/h4-13,21,26H,14-15H2,1-3H3/p+1. The van der Waals surface area contributed by atoms with E-state index in [9.17, 15) is 9.90 Å². The molecule has 0 radical (unpaired) electrons. The van der Waals surface area contributed by atoms with Crippen molar-refractivity contribution in [3.63, 3.8) is 0 Å². The van der Waals surface area contributed by atoms with Gasteiger partial charge in [0.05, 0.1) is 45.0 Å². The molecule has 1 atom stereocenters. The number of nitrogens with one attached hydrogen (secondary N) is 1. The number of hydrogen-bond acceptors (Lipinski definition) is 4. The first-order chi connectivity index (χ1) is 13.3. The number of quaternary nitrogens is 1. The minimum Gasteiger partial charge on any atom is -0.487 e. The zero-order chi connectivity index (χ0) is 20.1. The summed E-state index contributed by atoms with van der Waals surface area (Å²) in [4.78, 5) is 16.5. The molecule has 1 aromatic heterocycles. The average molecular weight is 380 g/mol. The van der Waals surface area contributed by atoms with Gasteiger partial charge in [0.1, 0.15) is 12.4 Å². The Bertz CT molecular complexity index is 966. The number of fused-ring (bicyclic) bond motifs is 1. The number of aliphatic hydroxyl groups excluding tert-OH is 1. The van der Waals surface area contributed by atoms with Crippen LogP contribution in [0.25, 0.3) is 10.9 Å². The number of nitrogens with zero attached hydrogens (tertiary/aromatic N) is 2. The molecule has 6 heteroatoms. The predicted molar refractivity (Wildman–Crippen MR) is 109 cm³/mol. The van der Waals surface area contributed by atoms with Crippen LogP contribution in [0.3, 0.4) is 0 Å². The number of carbonyl (C=O) groups is 1. The van der Waals surface area contributed by atoms with Gasteiger partial charge in [0.25, 0.3) is 0 Å². The molecular formula is C22H26N3O3+. The van der Waals surface area contributed by atoms with Crippen LogP contribution in [0.1, 0.15) is 17.4 Å². The third-order valence-corrected chi connectivity index (χ3v) is 4.34. The SMILES string of the molecule is C[N+](C)(C)C(=O)NCC(O)c1cccc(OCc2ccc3ccccc3n2)c1. The molecule has 3 aromatic rings. The molecule has 2 amide bonds. The van der Waals surface area contributed by atoms with Gasteiger partial charge in [0.2, 0.25) is 0 Å². The van der Waals surface area contributed by atoms with Crippen molar-refractivity contribution < 1.29 is 19.1 Å². The van der Waals surface area contributed by atoms with E-state index in [0.717, 1.165) is 16.6 Å². The molecule has 0 bridgehead atoms. The number of aliphatic hydroxyl groups is 1. The Morgan fingerprint density at radius 2 is 1.89 bits per heavy atom. The first-order valence-electron chi connectivity index (χ1n) is 9.18. The van der Waals surface area contributed by atoms with E-state index >= 15 is 0 Å². The number of pyridine rings is 1. The Morgan fingerprint density at radius 3 is 2.68 bits per heavy atom. The molecule has 6 nitrogen and oxygen atoms in total. The summed E-state index contributed by atoms with van der Waals surface area (Å²) in [6.07, 6.45) is -0.808. The van der Waals surface area contributed by atoms with Gasteiger partial charge in [-0.25, -0.2) is 14.3 Å². The zero-order valence-electron chi connectivity index (χ0n) is 16.4. The molecule has 2 N–H and O–H groups in total. The highest BCUT2D eigenvalue weighted by Crippen LogP contribution is 2.20. The van der Waals surface area contributed by atoms with Gasteiger partial charge >= 0.3 is 6.03 Å². The van der Waals surface area contributed by atoms with Crippen molar-refractivity contribution in [1.29, 1.82) is 0 Å². The van der Waals surface area contributed by atoms with Crippen LogP contribution < -0.4 is 10.1 Å². The van der Waals surface area contributed by atoms with Crippen LogP contribution in [-0.2, 0) is 6.61 Å². The van der Waals surface area contributed by atoms with Crippen molar-refractivity contribution in [2.24, 2.45) is 0 Å². The molecule has 0 saturated heterocycles. The van der Waals surface area contributed by atoms with Crippen molar-refractivity contribution in [3.8, 4) is 5.75 Å². The number of aromatic nitrogens is 1. The fraction of sp³-hybridized carbons (Fsp3) is 0.273. The minimum absolute atomic E-state index is 0.143. The molecule has 146 valence electrons. The maximum atomic E-state index is 11.9. The lowest BCUT2D eigenvalue weighted by Crippen LogP contribution is -2.49. The quantitative estimate of drug-likeness (QED) is 0.644. The van der Waals surface area contributed by atoms with Crippen molar-refractivity contribution in [3.05, 3.63) is 71.9 Å². The van der Waals surface area contributed by atoms with Gasteiger partial charge in [-0.15, -0.1) is 0 Å². The molecule has 2 aromatic carbocycles. The van der Waals surface area contributed by atoms with Gasteiger partial charge in [-0.3, -0.25) is 0 Å². The maximum absolute atomic E-state index is 11.9. The van der Waals surface area contributed by atoms with E-state index in [1.807, 2.05) is 54.6 Å². The Balaban J connectivity index is 1.61. The van der Waals surface area contributed by atoms with Crippen molar-refractivity contribution in [2.75, 3.05) is 27.7 Å². The number of amides is 2. The van der Waals surface area contributed by atoms with E-state index in [2.05, 4.69) is 10.3 Å². The van der Waals surface area contributed by atoms with Gasteiger partial charge in [0, 0.05) is 5.39 Å². The Hall–Kier alpha value is -2.96. The number of ether oxygens (including phenoxy) is 1. The highest BCUT2D eigenvalue weighted by Gasteiger charge is 2.21. The molecule has 3 rings (SSSR count). The van der Waals surface area contributed by atoms with Gasteiger partial charge in [-0.2, -0.15) is 0 Å². The fourth-order valence-corrected chi connectivity index (χ4v) is 2.70. The summed E-state index contributed by atoms with van der Waals surface area (Å²) in [5.74, 6) is 0.643. The number of hydrogen-bond donors (Lipinski definition) is 2. The van der Waals surface area contributed by atoms with E-state index in [-0.39, 0.29) is 17.1 Å². The molecule has 1 unspecified atom stereocenters. The van der Waals surface area contributed by atoms with Crippen LogP contribution in [0.5, 0.6) is 5.75 Å². The lowest BCUT2D eigenvalue weighted by molar-refractivity contribution is -0.787. The van der Waals surface area contributed by atoms with E-state index in [1.165, 1.54) is 0 Å². The smallest absolute Gasteiger partial charge is 0.416 e.